The summed E-state index contributed by atoms with van der Waals surface area (Å²) in [4.78, 5) is 0. The lowest BCUT2D eigenvalue weighted by Crippen LogP contribution is -2.17. The normalized spacial score (nSPS) is 12.2. The van der Waals surface area contributed by atoms with E-state index in [4.69, 9.17) is 14.7 Å². The molecule has 18 heavy (non-hydrogen) atoms. The predicted octanol–water partition coefficient (Wildman–Crippen LogP) is 3.39. The summed E-state index contributed by atoms with van der Waals surface area (Å²) >= 11 is 0. The van der Waals surface area contributed by atoms with Crippen LogP contribution in [0.3, 0.4) is 0 Å². The molecule has 1 unspecified atom stereocenters. The molecule has 0 aliphatic heterocycles. The van der Waals surface area contributed by atoms with Crippen molar-refractivity contribution in [1.82, 2.24) is 0 Å². The molecule has 0 radical (unpaired) electrons. The van der Waals surface area contributed by atoms with Crippen LogP contribution in [0.1, 0.15) is 32.8 Å². The molecule has 0 aliphatic rings. The molecule has 3 heteroatoms. The average Bonchev–Trinajstić information content (AvgIpc) is 2.38. The van der Waals surface area contributed by atoms with Gasteiger partial charge < -0.3 is 9.47 Å². The molecule has 1 rings (SSSR count). The fourth-order valence-electron chi connectivity index (χ4n) is 1.34. The van der Waals surface area contributed by atoms with Crippen LogP contribution in [0, 0.1) is 17.2 Å². The molecule has 0 saturated carbocycles. The van der Waals surface area contributed by atoms with Crippen LogP contribution >= 0.6 is 0 Å². The van der Waals surface area contributed by atoms with Gasteiger partial charge >= 0.3 is 0 Å². The fourth-order valence-corrected chi connectivity index (χ4v) is 1.34. The minimum Gasteiger partial charge on any atom is -0.494 e. The Morgan fingerprint density at radius 1 is 1.11 bits per heavy atom. The average molecular weight is 247 g/mol. The van der Waals surface area contributed by atoms with Crippen molar-refractivity contribution in [2.45, 2.75) is 33.3 Å². The maximum Gasteiger partial charge on any atom is 0.119 e. The van der Waals surface area contributed by atoms with Crippen molar-refractivity contribution in [1.29, 1.82) is 5.26 Å². The van der Waals surface area contributed by atoms with Gasteiger partial charge in [-0.25, -0.2) is 0 Å². The molecule has 0 spiro atoms. The second-order valence-corrected chi connectivity index (χ2v) is 4.66. The van der Waals surface area contributed by atoms with Crippen molar-refractivity contribution >= 4 is 0 Å². The zero-order valence-corrected chi connectivity index (χ0v) is 11.3. The van der Waals surface area contributed by atoms with E-state index in [1.807, 2.05) is 12.1 Å². The highest BCUT2D eigenvalue weighted by atomic mass is 16.5. The molecule has 1 atom stereocenters. The van der Waals surface area contributed by atoms with Crippen LogP contribution in [0.4, 0.5) is 0 Å². The van der Waals surface area contributed by atoms with Crippen LogP contribution < -0.4 is 4.74 Å². The molecule has 0 bridgehead atoms. The van der Waals surface area contributed by atoms with Crippen LogP contribution in [0.15, 0.2) is 24.3 Å². The summed E-state index contributed by atoms with van der Waals surface area (Å²) in [5, 5.41) is 8.66. The van der Waals surface area contributed by atoms with Crippen LogP contribution in [0.2, 0.25) is 0 Å². The van der Waals surface area contributed by atoms with Gasteiger partial charge in [-0.2, -0.15) is 5.26 Å². The molecule has 0 amide bonds. The third-order valence-electron chi connectivity index (χ3n) is 2.86. The van der Waals surface area contributed by atoms with Gasteiger partial charge in [0.2, 0.25) is 0 Å². The topological polar surface area (TPSA) is 42.2 Å². The Morgan fingerprint density at radius 3 is 2.33 bits per heavy atom. The maximum atomic E-state index is 8.66. The second-order valence-electron chi connectivity index (χ2n) is 4.66. The van der Waals surface area contributed by atoms with Crippen LogP contribution in [0.25, 0.3) is 0 Å². The maximum absolute atomic E-state index is 8.66. The van der Waals surface area contributed by atoms with Gasteiger partial charge in [-0.05, 0) is 37.1 Å². The smallest absolute Gasteiger partial charge is 0.119 e. The number of ether oxygens (including phenoxy) is 2. The van der Waals surface area contributed by atoms with Crippen molar-refractivity contribution in [3.63, 3.8) is 0 Å². The van der Waals surface area contributed by atoms with Crippen molar-refractivity contribution in [3.8, 4) is 11.8 Å². The van der Waals surface area contributed by atoms with E-state index in [1.54, 1.807) is 12.1 Å². The van der Waals surface area contributed by atoms with Gasteiger partial charge in [0, 0.05) is 6.42 Å². The summed E-state index contributed by atoms with van der Waals surface area (Å²) in [5.74, 6) is 1.34. The van der Waals surface area contributed by atoms with E-state index in [0.29, 0.717) is 24.2 Å². The number of benzene rings is 1. The molecule has 0 N–H and O–H groups in total. The Labute approximate surface area is 109 Å². The van der Waals surface area contributed by atoms with Crippen LogP contribution in [-0.2, 0) is 4.74 Å². The van der Waals surface area contributed by atoms with E-state index in [-0.39, 0.29) is 0 Å². The zero-order chi connectivity index (χ0) is 13.4. The standard InChI is InChI=1S/C15H21NO2/c1-12(2)13(3)17-9-4-10-18-15-7-5-14(11-16)6-8-15/h5-8,12-13H,4,9-10H2,1-3H3. The summed E-state index contributed by atoms with van der Waals surface area (Å²) in [6.07, 6.45) is 1.16. The minimum atomic E-state index is 0.292. The quantitative estimate of drug-likeness (QED) is 0.694. The molecule has 3 nitrogen and oxygen atoms in total. The summed E-state index contributed by atoms with van der Waals surface area (Å²) in [7, 11) is 0. The molecule has 0 heterocycles. The van der Waals surface area contributed by atoms with Gasteiger partial charge in [0.1, 0.15) is 5.75 Å². The van der Waals surface area contributed by atoms with Gasteiger partial charge in [0.25, 0.3) is 0 Å². The first-order valence-corrected chi connectivity index (χ1v) is 6.38. The lowest BCUT2D eigenvalue weighted by Gasteiger charge is -2.16. The van der Waals surface area contributed by atoms with E-state index in [2.05, 4.69) is 26.8 Å². The lowest BCUT2D eigenvalue weighted by atomic mass is 10.1. The lowest BCUT2D eigenvalue weighted by molar-refractivity contribution is 0.0291. The molecule has 98 valence electrons. The third kappa shape index (κ3) is 5.20. The monoisotopic (exact) mass is 247 g/mol. The van der Waals surface area contributed by atoms with E-state index in [9.17, 15) is 0 Å². The molecule has 0 saturated heterocycles. The Bertz CT molecular complexity index is 378. The Hall–Kier alpha value is -1.53. The number of nitriles is 1. The fraction of sp³-hybridized carbons (Fsp3) is 0.533. The molecular weight excluding hydrogens is 226 g/mol. The Morgan fingerprint density at radius 2 is 1.78 bits per heavy atom. The first-order valence-electron chi connectivity index (χ1n) is 6.38. The number of rotatable bonds is 7. The van der Waals surface area contributed by atoms with Gasteiger partial charge in [0.05, 0.1) is 31.0 Å². The van der Waals surface area contributed by atoms with Crippen molar-refractivity contribution < 1.29 is 9.47 Å². The summed E-state index contributed by atoms with van der Waals surface area (Å²) in [6.45, 7) is 7.74. The summed E-state index contributed by atoms with van der Waals surface area (Å²) < 4.78 is 11.2. The van der Waals surface area contributed by atoms with E-state index < -0.39 is 0 Å². The van der Waals surface area contributed by atoms with Crippen LogP contribution in [0.5, 0.6) is 5.75 Å². The first kappa shape index (κ1) is 14.5. The van der Waals surface area contributed by atoms with Gasteiger partial charge in [-0.1, -0.05) is 13.8 Å². The largest absolute Gasteiger partial charge is 0.494 e. The molecule has 0 fully saturated rings. The molecule has 0 aliphatic carbocycles. The SMILES string of the molecule is CC(C)C(C)OCCCOc1ccc(C#N)cc1. The number of hydrogen-bond acceptors (Lipinski definition) is 3. The Kier molecular flexibility index (Phi) is 6.24. The summed E-state index contributed by atoms with van der Waals surface area (Å²) in [6, 6.07) is 9.22. The van der Waals surface area contributed by atoms with Crippen molar-refractivity contribution in [2.24, 2.45) is 5.92 Å². The molecular formula is C15H21NO2. The predicted molar refractivity (Wildman–Crippen MR) is 71.5 cm³/mol. The molecule has 1 aromatic rings. The molecule has 0 aromatic heterocycles. The summed E-state index contributed by atoms with van der Waals surface area (Å²) in [5.41, 5.74) is 0.649. The number of hydrogen-bond donors (Lipinski definition) is 0. The molecule has 1 aromatic carbocycles. The highest BCUT2D eigenvalue weighted by molar-refractivity contribution is 5.34. The Balaban J connectivity index is 2.16. The van der Waals surface area contributed by atoms with E-state index in [1.165, 1.54) is 0 Å². The third-order valence-corrected chi connectivity index (χ3v) is 2.86. The van der Waals surface area contributed by atoms with Crippen molar-refractivity contribution in [3.05, 3.63) is 29.8 Å². The highest BCUT2D eigenvalue weighted by Crippen LogP contribution is 2.12. The van der Waals surface area contributed by atoms with E-state index in [0.717, 1.165) is 18.8 Å². The van der Waals surface area contributed by atoms with Crippen molar-refractivity contribution in [2.75, 3.05) is 13.2 Å². The van der Waals surface area contributed by atoms with Crippen LogP contribution in [-0.4, -0.2) is 19.3 Å². The minimum absolute atomic E-state index is 0.292. The van der Waals surface area contributed by atoms with Gasteiger partial charge in [-0.15, -0.1) is 0 Å². The second kappa shape index (κ2) is 7.73. The van der Waals surface area contributed by atoms with Gasteiger partial charge in [-0.3, -0.25) is 0 Å². The first-order chi connectivity index (χ1) is 8.63. The van der Waals surface area contributed by atoms with Gasteiger partial charge in [0.15, 0.2) is 0 Å². The highest BCUT2D eigenvalue weighted by Gasteiger charge is 2.06. The number of nitrogens with zero attached hydrogens (tertiary/aromatic N) is 1. The zero-order valence-electron chi connectivity index (χ0n) is 11.3. The van der Waals surface area contributed by atoms with E-state index >= 15 is 0 Å².